The van der Waals surface area contributed by atoms with Crippen molar-refractivity contribution in [1.29, 1.82) is 0 Å². The fraction of sp³-hybridized carbons (Fsp3) is 0.500. The Kier molecular flexibility index (Phi) is 5.49. The minimum absolute atomic E-state index is 0.00848. The molecule has 0 aromatic heterocycles. The third-order valence-corrected chi connectivity index (χ3v) is 2.73. The lowest BCUT2D eigenvalue weighted by atomic mass is 10.0. The Balaban J connectivity index is 2.64. The minimum Gasteiger partial charge on any atom is -0.493 e. The van der Waals surface area contributed by atoms with Gasteiger partial charge in [0.2, 0.25) is 5.91 Å². The first kappa shape index (κ1) is 14.4. The Bertz CT molecular complexity index is 404. The predicted octanol–water partition coefficient (Wildman–Crippen LogP) is 2.02. The van der Waals surface area contributed by atoms with Crippen molar-refractivity contribution in [3.63, 3.8) is 0 Å². The van der Waals surface area contributed by atoms with Gasteiger partial charge in [-0.15, -0.1) is 0 Å². The second-order valence-corrected chi connectivity index (χ2v) is 4.44. The van der Waals surface area contributed by atoms with E-state index in [1.807, 2.05) is 18.2 Å². The zero-order chi connectivity index (χ0) is 13.5. The van der Waals surface area contributed by atoms with Crippen LogP contribution < -0.4 is 14.8 Å². The van der Waals surface area contributed by atoms with Gasteiger partial charge in [-0.3, -0.25) is 4.79 Å². The monoisotopic (exact) mass is 251 g/mol. The molecular weight excluding hydrogens is 230 g/mol. The largest absolute Gasteiger partial charge is 0.493 e. The number of rotatable bonds is 6. The van der Waals surface area contributed by atoms with E-state index in [1.54, 1.807) is 14.2 Å². The maximum Gasteiger partial charge on any atom is 0.216 e. The summed E-state index contributed by atoms with van der Waals surface area (Å²) in [5.74, 6) is 1.86. The Morgan fingerprint density at radius 2 is 1.94 bits per heavy atom. The predicted molar refractivity (Wildman–Crippen MR) is 71.1 cm³/mol. The van der Waals surface area contributed by atoms with E-state index < -0.39 is 0 Å². The molecule has 0 saturated heterocycles. The number of amides is 1. The van der Waals surface area contributed by atoms with Crippen LogP contribution in [-0.4, -0.2) is 26.7 Å². The van der Waals surface area contributed by atoms with Gasteiger partial charge >= 0.3 is 0 Å². The fourth-order valence-corrected chi connectivity index (χ4v) is 1.80. The Labute approximate surface area is 108 Å². The van der Waals surface area contributed by atoms with Crippen LogP contribution in [0, 0.1) is 5.92 Å². The average molecular weight is 251 g/mol. The van der Waals surface area contributed by atoms with Crippen LogP contribution in [0.25, 0.3) is 0 Å². The summed E-state index contributed by atoms with van der Waals surface area (Å²) in [6.45, 7) is 4.32. The van der Waals surface area contributed by atoms with Crippen LogP contribution in [-0.2, 0) is 11.2 Å². The van der Waals surface area contributed by atoms with Crippen LogP contribution in [0.5, 0.6) is 11.5 Å². The van der Waals surface area contributed by atoms with Gasteiger partial charge in [0.15, 0.2) is 11.5 Å². The van der Waals surface area contributed by atoms with Crippen molar-refractivity contribution in [3.8, 4) is 11.5 Å². The molecule has 1 amide bonds. The van der Waals surface area contributed by atoms with Gasteiger partial charge in [0.1, 0.15) is 0 Å². The summed E-state index contributed by atoms with van der Waals surface area (Å²) < 4.78 is 10.5. The number of carbonyl (C=O) groups is 1. The second-order valence-electron chi connectivity index (χ2n) is 4.44. The highest BCUT2D eigenvalue weighted by Gasteiger charge is 2.08. The zero-order valence-electron chi connectivity index (χ0n) is 11.4. The molecule has 18 heavy (non-hydrogen) atoms. The van der Waals surface area contributed by atoms with Gasteiger partial charge in [0, 0.05) is 13.5 Å². The van der Waals surface area contributed by atoms with Crippen molar-refractivity contribution < 1.29 is 14.3 Å². The molecule has 4 nitrogen and oxygen atoms in total. The zero-order valence-corrected chi connectivity index (χ0v) is 11.4. The highest BCUT2D eigenvalue weighted by Crippen LogP contribution is 2.28. The van der Waals surface area contributed by atoms with Crippen molar-refractivity contribution in [2.75, 3.05) is 20.8 Å². The molecule has 0 heterocycles. The molecule has 1 aromatic carbocycles. The molecule has 0 aliphatic rings. The van der Waals surface area contributed by atoms with Gasteiger partial charge in [-0.1, -0.05) is 13.0 Å². The third-order valence-electron chi connectivity index (χ3n) is 2.73. The van der Waals surface area contributed by atoms with Gasteiger partial charge in [-0.2, -0.15) is 0 Å². The topological polar surface area (TPSA) is 47.6 Å². The van der Waals surface area contributed by atoms with Gasteiger partial charge in [-0.25, -0.2) is 0 Å². The van der Waals surface area contributed by atoms with E-state index in [0.29, 0.717) is 12.5 Å². The van der Waals surface area contributed by atoms with Crippen molar-refractivity contribution in [2.45, 2.75) is 20.3 Å². The molecular formula is C14H21NO3. The first-order valence-electron chi connectivity index (χ1n) is 6.02. The van der Waals surface area contributed by atoms with Crippen LogP contribution in [0.3, 0.4) is 0 Å². The van der Waals surface area contributed by atoms with E-state index >= 15 is 0 Å². The van der Waals surface area contributed by atoms with E-state index in [4.69, 9.17) is 9.47 Å². The first-order chi connectivity index (χ1) is 8.56. The maximum atomic E-state index is 10.8. The number of ether oxygens (including phenoxy) is 2. The summed E-state index contributed by atoms with van der Waals surface area (Å²) >= 11 is 0. The van der Waals surface area contributed by atoms with Crippen LogP contribution in [0.2, 0.25) is 0 Å². The van der Waals surface area contributed by atoms with Crippen molar-refractivity contribution in [2.24, 2.45) is 5.92 Å². The molecule has 0 aliphatic carbocycles. The van der Waals surface area contributed by atoms with Crippen molar-refractivity contribution in [3.05, 3.63) is 23.8 Å². The Morgan fingerprint density at radius 3 is 2.50 bits per heavy atom. The number of carbonyl (C=O) groups excluding carboxylic acids is 1. The third kappa shape index (κ3) is 4.28. The van der Waals surface area contributed by atoms with E-state index in [2.05, 4.69) is 12.2 Å². The molecule has 1 aromatic rings. The number of methoxy groups -OCH3 is 2. The van der Waals surface area contributed by atoms with Crippen LogP contribution in [0.4, 0.5) is 0 Å². The van der Waals surface area contributed by atoms with Crippen LogP contribution in [0.1, 0.15) is 19.4 Å². The number of hydrogen-bond donors (Lipinski definition) is 1. The summed E-state index contributed by atoms with van der Waals surface area (Å²) in [6, 6.07) is 5.90. The van der Waals surface area contributed by atoms with Crippen LogP contribution >= 0.6 is 0 Å². The molecule has 0 aliphatic heterocycles. The first-order valence-corrected chi connectivity index (χ1v) is 6.02. The van der Waals surface area contributed by atoms with E-state index in [0.717, 1.165) is 17.9 Å². The SMILES string of the molecule is COc1ccc(C[C@H](C)CNC(C)=O)cc1OC. The fourth-order valence-electron chi connectivity index (χ4n) is 1.80. The number of nitrogens with one attached hydrogen (secondary N) is 1. The highest BCUT2D eigenvalue weighted by molar-refractivity contribution is 5.72. The van der Waals surface area contributed by atoms with E-state index in [-0.39, 0.29) is 5.91 Å². The smallest absolute Gasteiger partial charge is 0.216 e. The summed E-state index contributed by atoms with van der Waals surface area (Å²) in [5, 5.41) is 2.82. The molecule has 1 N–H and O–H groups in total. The van der Waals surface area contributed by atoms with Gasteiger partial charge in [0.25, 0.3) is 0 Å². The highest BCUT2D eigenvalue weighted by atomic mass is 16.5. The van der Waals surface area contributed by atoms with Crippen LogP contribution in [0.15, 0.2) is 18.2 Å². The maximum absolute atomic E-state index is 10.8. The molecule has 0 spiro atoms. The Morgan fingerprint density at radius 1 is 1.28 bits per heavy atom. The number of benzene rings is 1. The molecule has 100 valence electrons. The quantitative estimate of drug-likeness (QED) is 0.841. The lowest BCUT2D eigenvalue weighted by molar-refractivity contribution is -0.119. The standard InChI is InChI=1S/C14H21NO3/c1-10(9-15-11(2)16)7-12-5-6-13(17-3)14(8-12)18-4/h5-6,8,10H,7,9H2,1-4H3,(H,15,16)/t10-/m0/s1. The molecule has 1 rings (SSSR count). The summed E-state index contributed by atoms with van der Waals surface area (Å²) in [6.07, 6.45) is 0.890. The van der Waals surface area contributed by atoms with Crippen molar-refractivity contribution in [1.82, 2.24) is 5.32 Å². The normalized spacial score (nSPS) is 11.8. The molecule has 0 saturated carbocycles. The minimum atomic E-state index is 0.00848. The average Bonchev–Trinajstić information content (AvgIpc) is 2.36. The molecule has 0 fully saturated rings. The second kappa shape index (κ2) is 6.89. The lowest BCUT2D eigenvalue weighted by Crippen LogP contribution is -2.26. The molecule has 4 heteroatoms. The summed E-state index contributed by atoms with van der Waals surface area (Å²) in [5.41, 5.74) is 1.17. The van der Waals surface area contributed by atoms with Crippen molar-refractivity contribution >= 4 is 5.91 Å². The molecule has 1 atom stereocenters. The van der Waals surface area contributed by atoms with Gasteiger partial charge in [-0.05, 0) is 30.0 Å². The summed E-state index contributed by atoms with van der Waals surface area (Å²) in [7, 11) is 3.25. The summed E-state index contributed by atoms with van der Waals surface area (Å²) in [4.78, 5) is 10.8. The number of hydrogen-bond acceptors (Lipinski definition) is 3. The molecule has 0 radical (unpaired) electrons. The van der Waals surface area contributed by atoms with E-state index in [1.165, 1.54) is 12.5 Å². The lowest BCUT2D eigenvalue weighted by Gasteiger charge is -2.14. The van der Waals surface area contributed by atoms with E-state index in [9.17, 15) is 4.79 Å². The van der Waals surface area contributed by atoms with Gasteiger partial charge in [0.05, 0.1) is 14.2 Å². The Hall–Kier alpha value is -1.71. The molecule has 0 bridgehead atoms. The van der Waals surface area contributed by atoms with Gasteiger partial charge < -0.3 is 14.8 Å². The molecule has 0 unspecified atom stereocenters.